The molecule has 1 saturated heterocycles. The Hall–Kier alpha value is -3.25. The third-order valence-corrected chi connectivity index (χ3v) is 4.92. The molecule has 28 heavy (non-hydrogen) atoms. The topological polar surface area (TPSA) is 151 Å². The van der Waals surface area contributed by atoms with E-state index >= 15 is 0 Å². The van der Waals surface area contributed by atoms with E-state index in [1.54, 1.807) is 24.3 Å². The fraction of sp³-hybridized carbons (Fsp3) is 0. The molecule has 0 spiro atoms. The van der Waals surface area contributed by atoms with E-state index in [2.05, 4.69) is 26.2 Å². The lowest BCUT2D eigenvalue weighted by atomic mass is 10.1. The largest absolute Gasteiger partial charge is 0.867 e. The molecule has 1 aliphatic rings. The third kappa shape index (κ3) is 4.18. The summed E-state index contributed by atoms with van der Waals surface area (Å²) in [7, 11) is 0. The van der Waals surface area contributed by atoms with Crippen molar-refractivity contribution in [2.45, 2.75) is 0 Å². The van der Waals surface area contributed by atoms with Crippen LogP contribution in [0.1, 0.15) is 5.56 Å². The van der Waals surface area contributed by atoms with Gasteiger partial charge in [-0.25, -0.2) is 4.99 Å². The number of amides is 1. The van der Waals surface area contributed by atoms with Gasteiger partial charge in [-0.05, 0) is 53.4 Å². The molecule has 142 valence electrons. The highest BCUT2D eigenvalue weighted by Crippen LogP contribution is 2.36. The molecule has 0 atom stereocenters. The van der Waals surface area contributed by atoms with Gasteiger partial charge in [0, 0.05) is 10.5 Å². The summed E-state index contributed by atoms with van der Waals surface area (Å²) in [6.07, 6.45) is 1.08. The maximum Gasteiger partial charge on any atom is 0.276 e. The summed E-state index contributed by atoms with van der Waals surface area (Å²) < 4.78 is 0.857. The van der Waals surface area contributed by atoms with Crippen molar-refractivity contribution in [2.75, 3.05) is 0 Å². The Labute approximate surface area is 169 Å². The Kier molecular flexibility index (Phi) is 5.42. The second-order valence-corrected chi connectivity index (χ2v) is 7.30. The van der Waals surface area contributed by atoms with Crippen LogP contribution in [0.15, 0.2) is 50.8 Å². The van der Waals surface area contributed by atoms with Gasteiger partial charge in [0.25, 0.3) is 17.3 Å². The van der Waals surface area contributed by atoms with Gasteiger partial charge in [-0.3, -0.25) is 25.0 Å². The number of carbonyl (C=O) groups excluding carboxylic acids is 1. The molecule has 12 heteroatoms. The summed E-state index contributed by atoms with van der Waals surface area (Å²) in [6.45, 7) is 0. The van der Waals surface area contributed by atoms with Crippen molar-refractivity contribution >= 4 is 61.9 Å². The standard InChI is InChI=1S/C16H9BrN4O6S/c17-9-1-3-10(4-2-9)18-16-19-15(23)13(28-16)6-8-5-11(20(24)25)7-12(14(8)22)21(26)27/h1-7,22H,(H,18,19,23)/p-1/b13-6-. The molecule has 0 unspecified atom stereocenters. The summed E-state index contributed by atoms with van der Waals surface area (Å²) >= 11 is 4.20. The Morgan fingerprint density at radius 1 is 1.11 bits per heavy atom. The maximum absolute atomic E-state index is 12.2. The third-order valence-electron chi connectivity index (χ3n) is 3.49. The van der Waals surface area contributed by atoms with Crippen molar-refractivity contribution in [1.82, 2.24) is 5.32 Å². The van der Waals surface area contributed by atoms with Gasteiger partial charge >= 0.3 is 0 Å². The van der Waals surface area contributed by atoms with Crippen molar-refractivity contribution in [3.05, 3.63) is 71.6 Å². The lowest BCUT2D eigenvalue weighted by Crippen LogP contribution is -2.19. The number of benzene rings is 2. The molecule has 1 fully saturated rings. The fourth-order valence-corrected chi connectivity index (χ4v) is 3.32. The molecular formula is C16H8BrN4O6S-. The molecule has 2 aromatic rings. The van der Waals surface area contributed by atoms with Crippen molar-refractivity contribution in [3.63, 3.8) is 0 Å². The molecule has 0 bridgehead atoms. The Bertz CT molecular complexity index is 1070. The van der Waals surface area contributed by atoms with Gasteiger partial charge in [-0.1, -0.05) is 15.9 Å². The molecule has 3 rings (SSSR count). The summed E-state index contributed by atoms with van der Waals surface area (Å²) in [6, 6.07) is 8.44. The number of hydrogen-bond donors (Lipinski definition) is 1. The van der Waals surface area contributed by atoms with Crippen LogP contribution in [-0.2, 0) is 4.79 Å². The summed E-state index contributed by atoms with van der Waals surface area (Å²) in [5, 5.41) is 36.9. The normalized spacial score (nSPS) is 16.4. The second-order valence-electron chi connectivity index (χ2n) is 5.36. The molecule has 2 aromatic carbocycles. The zero-order valence-electron chi connectivity index (χ0n) is 13.6. The van der Waals surface area contributed by atoms with E-state index in [9.17, 15) is 30.1 Å². The van der Waals surface area contributed by atoms with E-state index in [1.165, 1.54) is 0 Å². The van der Waals surface area contributed by atoms with E-state index in [1.807, 2.05) is 0 Å². The first-order valence-corrected chi connectivity index (χ1v) is 9.04. The minimum Gasteiger partial charge on any atom is -0.867 e. The molecule has 0 saturated carbocycles. The first kappa shape index (κ1) is 19.5. The van der Waals surface area contributed by atoms with Gasteiger partial charge in [0.2, 0.25) is 0 Å². The van der Waals surface area contributed by atoms with Crippen LogP contribution in [0.25, 0.3) is 6.08 Å². The second kappa shape index (κ2) is 7.78. The molecule has 1 heterocycles. The lowest BCUT2D eigenvalue weighted by molar-refractivity contribution is -0.403. The summed E-state index contributed by atoms with van der Waals surface area (Å²) in [5.41, 5.74) is -1.32. The number of nitro groups is 2. The van der Waals surface area contributed by atoms with Crippen molar-refractivity contribution in [3.8, 4) is 5.75 Å². The van der Waals surface area contributed by atoms with Crippen molar-refractivity contribution in [2.24, 2.45) is 4.99 Å². The smallest absolute Gasteiger partial charge is 0.276 e. The van der Waals surface area contributed by atoms with E-state index in [4.69, 9.17) is 0 Å². The first-order chi connectivity index (χ1) is 13.2. The first-order valence-electron chi connectivity index (χ1n) is 7.43. The van der Waals surface area contributed by atoms with Gasteiger partial charge in [-0.15, -0.1) is 0 Å². The molecule has 10 nitrogen and oxygen atoms in total. The van der Waals surface area contributed by atoms with Crippen molar-refractivity contribution < 1.29 is 19.7 Å². The zero-order chi connectivity index (χ0) is 20.4. The predicted molar refractivity (Wildman–Crippen MR) is 104 cm³/mol. The summed E-state index contributed by atoms with van der Waals surface area (Å²) in [5.74, 6) is -1.59. The minimum absolute atomic E-state index is 0.0303. The monoisotopic (exact) mass is 463 g/mol. The molecule has 1 aliphatic heterocycles. The molecule has 0 aliphatic carbocycles. The van der Waals surface area contributed by atoms with Crippen LogP contribution in [0.2, 0.25) is 0 Å². The number of nitrogens with zero attached hydrogens (tertiary/aromatic N) is 3. The number of nitrogens with one attached hydrogen (secondary N) is 1. The average molecular weight is 464 g/mol. The number of nitro benzene ring substituents is 2. The highest BCUT2D eigenvalue weighted by atomic mass is 79.9. The predicted octanol–water partition coefficient (Wildman–Crippen LogP) is 3.23. The maximum atomic E-state index is 12.2. The van der Waals surface area contributed by atoms with E-state index in [-0.39, 0.29) is 15.6 Å². The minimum atomic E-state index is -1.02. The fourth-order valence-electron chi connectivity index (χ4n) is 2.22. The van der Waals surface area contributed by atoms with E-state index in [0.29, 0.717) is 11.8 Å². The quantitative estimate of drug-likeness (QED) is 0.414. The van der Waals surface area contributed by atoms with Crippen LogP contribution in [0.4, 0.5) is 17.1 Å². The number of aliphatic imine (C=N–C) groups is 1. The van der Waals surface area contributed by atoms with Crippen LogP contribution >= 0.6 is 27.7 Å². The average Bonchev–Trinajstić information content (AvgIpc) is 2.97. The van der Waals surface area contributed by atoms with Crippen LogP contribution in [0.5, 0.6) is 5.75 Å². The number of non-ortho nitro benzene ring substituents is 1. The van der Waals surface area contributed by atoms with Gasteiger partial charge in [0.1, 0.15) is 0 Å². The summed E-state index contributed by atoms with van der Waals surface area (Å²) in [4.78, 5) is 36.5. The van der Waals surface area contributed by atoms with Gasteiger partial charge < -0.3 is 10.4 Å². The van der Waals surface area contributed by atoms with Crippen LogP contribution in [-0.4, -0.2) is 20.9 Å². The molecule has 1 amide bonds. The van der Waals surface area contributed by atoms with Gasteiger partial charge in [0.05, 0.1) is 26.5 Å². The Balaban J connectivity index is 1.97. The molecule has 1 N–H and O–H groups in total. The van der Waals surface area contributed by atoms with E-state index in [0.717, 1.165) is 28.4 Å². The highest BCUT2D eigenvalue weighted by molar-refractivity contribution is 9.10. The highest BCUT2D eigenvalue weighted by Gasteiger charge is 2.25. The molecule has 0 aromatic heterocycles. The molecular weight excluding hydrogens is 456 g/mol. The Morgan fingerprint density at radius 2 is 1.79 bits per heavy atom. The lowest BCUT2D eigenvalue weighted by Gasteiger charge is -2.10. The number of thioether (sulfide) groups is 1. The van der Waals surface area contributed by atoms with Gasteiger partial charge in [0.15, 0.2) is 5.17 Å². The number of carbonyl (C=O) groups is 1. The van der Waals surface area contributed by atoms with Crippen LogP contribution < -0.4 is 10.4 Å². The van der Waals surface area contributed by atoms with Crippen LogP contribution in [0.3, 0.4) is 0 Å². The SMILES string of the molecule is O=C1NC(=Nc2ccc(Br)cc2)S/C1=C\c1cc([N+](=O)[O-])cc([N+](=O)[O-])c1[O-]. The van der Waals surface area contributed by atoms with Crippen molar-refractivity contribution in [1.29, 1.82) is 0 Å². The van der Waals surface area contributed by atoms with E-state index < -0.39 is 32.9 Å². The van der Waals surface area contributed by atoms with Crippen LogP contribution in [0, 0.1) is 20.2 Å². The number of rotatable bonds is 4. The number of halogens is 1. The molecule has 0 radical (unpaired) electrons. The number of hydrogen-bond acceptors (Lipinski definition) is 8. The van der Waals surface area contributed by atoms with Gasteiger partial charge in [-0.2, -0.15) is 0 Å². The number of amidine groups is 1. The zero-order valence-corrected chi connectivity index (χ0v) is 16.0. The Morgan fingerprint density at radius 3 is 2.39 bits per heavy atom.